The second kappa shape index (κ2) is 7.56. The van der Waals surface area contributed by atoms with Crippen molar-refractivity contribution >= 4 is 0 Å². The Morgan fingerprint density at radius 3 is 2.42 bits per heavy atom. The summed E-state index contributed by atoms with van der Waals surface area (Å²) < 4.78 is 5.02. The van der Waals surface area contributed by atoms with E-state index in [-0.39, 0.29) is 0 Å². The van der Waals surface area contributed by atoms with Gasteiger partial charge in [-0.25, -0.2) is 0 Å². The minimum Gasteiger partial charge on any atom is -0.385 e. The van der Waals surface area contributed by atoms with Crippen molar-refractivity contribution in [1.82, 2.24) is 5.32 Å². The molecule has 2 nitrogen and oxygen atoms in total. The van der Waals surface area contributed by atoms with Crippen molar-refractivity contribution in [3.05, 3.63) is 0 Å². The quantitative estimate of drug-likeness (QED) is 0.595. The number of ether oxygens (including phenoxy) is 1. The summed E-state index contributed by atoms with van der Waals surface area (Å²) in [6, 6.07) is 0.658. The molecule has 0 aliphatic heterocycles. The third-order valence-electron chi connectivity index (χ3n) is 2.13. The van der Waals surface area contributed by atoms with Gasteiger partial charge in [-0.2, -0.15) is 0 Å². The van der Waals surface area contributed by atoms with Crippen LogP contribution < -0.4 is 5.32 Å². The summed E-state index contributed by atoms with van der Waals surface area (Å²) >= 11 is 0. The molecule has 0 rings (SSSR count). The van der Waals surface area contributed by atoms with Crippen molar-refractivity contribution < 1.29 is 4.74 Å². The number of nitrogens with one attached hydrogen (secondary N) is 1. The van der Waals surface area contributed by atoms with Crippen molar-refractivity contribution in [3.63, 3.8) is 0 Å². The molecule has 12 heavy (non-hydrogen) atoms. The molecule has 0 spiro atoms. The average Bonchev–Trinajstić information content (AvgIpc) is 2.03. The van der Waals surface area contributed by atoms with Gasteiger partial charge in [0.25, 0.3) is 0 Å². The smallest absolute Gasteiger partial charge is 0.0462 e. The van der Waals surface area contributed by atoms with Crippen molar-refractivity contribution in [2.45, 2.75) is 39.7 Å². The fourth-order valence-electron chi connectivity index (χ4n) is 1.38. The van der Waals surface area contributed by atoms with E-state index in [1.807, 2.05) is 0 Å². The van der Waals surface area contributed by atoms with Crippen LogP contribution in [0, 0.1) is 5.92 Å². The highest BCUT2D eigenvalue weighted by Gasteiger charge is 2.10. The van der Waals surface area contributed by atoms with Crippen LogP contribution in [-0.2, 0) is 4.74 Å². The summed E-state index contributed by atoms with van der Waals surface area (Å²) in [5.41, 5.74) is 0. The van der Waals surface area contributed by atoms with E-state index in [1.54, 1.807) is 7.11 Å². The molecule has 0 aliphatic carbocycles. The van der Waals surface area contributed by atoms with Crippen LogP contribution in [0.15, 0.2) is 0 Å². The summed E-state index contributed by atoms with van der Waals surface area (Å²) in [6.45, 7) is 8.64. The Balaban J connectivity index is 3.49. The third kappa shape index (κ3) is 5.56. The van der Waals surface area contributed by atoms with Crippen LogP contribution in [0.2, 0.25) is 0 Å². The van der Waals surface area contributed by atoms with Crippen LogP contribution in [0.3, 0.4) is 0 Å². The Morgan fingerprint density at radius 1 is 1.33 bits per heavy atom. The van der Waals surface area contributed by atoms with Gasteiger partial charge in [-0.1, -0.05) is 20.8 Å². The fourth-order valence-corrected chi connectivity index (χ4v) is 1.38. The summed E-state index contributed by atoms with van der Waals surface area (Å²) in [7, 11) is 1.76. The highest BCUT2D eigenvalue weighted by molar-refractivity contribution is 4.69. The predicted molar refractivity (Wildman–Crippen MR) is 53.4 cm³/mol. The zero-order valence-electron chi connectivity index (χ0n) is 8.89. The van der Waals surface area contributed by atoms with Crippen LogP contribution in [0.4, 0.5) is 0 Å². The van der Waals surface area contributed by atoms with E-state index in [0.717, 1.165) is 25.5 Å². The molecule has 1 atom stereocenters. The minimum atomic E-state index is 0.658. The Kier molecular flexibility index (Phi) is 7.51. The van der Waals surface area contributed by atoms with Crippen LogP contribution >= 0.6 is 0 Å². The molecule has 0 aromatic heterocycles. The number of methoxy groups -OCH3 is 1. The average molecular weight is 173 g/mol. The van der Waals surface area contributed by atoms with Crippen LogP contribution in [0.5, 0.6) is 0 Å². The van der Waals surface area contributed by atoms with Gasteiger partial charge >= 0.3 is 0 Å². The van der Waals surface area contributed by atoms with E-state index in [2.05, 4.69) is 26.1 Å². The first kappa shape index (κ1) is 11.9. The van der Waals surface area contributed by atoms with E-state index in [0.29, 0.717) is 6.04 Å². The molecule has 0 saturated heterocycles. The molecule has 0 saturated carbocycles. The molecule has 0 aliphatic rings. The first-order chi connectivity index (χ1) is 5.72. The lowest BCUT2D eigenvalue weighted by molar-refractivity contribution is 0.185. The molecule has 2 heteroatoms. The molecular weight excluding hydrogens is 150 g/mol. The minimum absolute atomic E-state index is 0.658. The van der Waals surface area contributed by atoms with Gasteiger partial charge in [-0.3, -0.25) is 0 Å². The maximum Gasteiger partial charge on any atom is 0.0462 e. The standard InChI is InChI=1S/C10H23NO/c1-5-11-10(9(2)3)7-6-8-12-4/h9-11H,5-8H2,1-4H3. The highest BCUT2D eigenvalue weighted by Crippen LogP contribution is 2.08. The highest BCUT2D eigenvalue weighted by atomic mass is 16.5. The van der Waals surface area contributed by atoms with Crippen molar-refractivity contribution in [2.75, 3.05) is 20.3 Å². The van der Waals surface area contributed by atoms with Gasteiger partial charge in [0.2, 0.25) is 0 Å². The van der Waals surface area contributed by atoms with Gasteiger partial charge in [0.15, 0.2) is 0 Å². The molecule has 1 N–H and O–H groups in total. The summed E-state index contributed by atoms with van der Waals surface area (Å²) in [5.74, 6) is 0.724. The summed E-state index contributed by atoms with van der Waals surface area (Å²) in [5, 5.41) is 3.49. The molecular formula is C10H23NO. The van der Waals surface area contributed by atoms with E-state index in [4.69, 9.17) is 4.74 Å². The van der Waals surface area contributed by atoms with Gasteiger partial charge in [-0.05, 0) is 25.3 Å². The molecule has 0 fully saturated rings. The Bertz CT molecular complexity index is 93.8. The zero-order valence-corrected chi connectivity index (χ0v) is 8.89. The molecule has 0 heterocycles. The van der Waals surface area contributed by atoms with Gasteiger partial charge in [0.05, 0.1) is 0 Å². The molecule has 0 radical (unpaired) electrons. The Hall–Kier alpha value is -0.0800. The van der Waals surface area contributed by atoms with Crippen LogP contribution in [0.25, 0.3) is 0 Å². The first-order valence-corrected chi connectivity index (χ1v) is 4.94. The molecule has 0 aromatic carbocycles. The van der Waals surface area contributed by atoms with Gasteiger partial charge < -0.3 is 10.1 Å². The Morgan fingerprint density at radius 2 is 2.00 bits per heavy atom. The van der Waals surface area contributed by atoms with Crippen LogP contribution in [0.1, 0.15) is 33.6 Å². The maximum absolute atomic E-state index is 5.02. The second-order valence-electron chi connectivity index (χ2n) is 3.54. The third-order valence-corrected chi connectivity index (χ3v) is 2.13. The van der Waals surface area contributed by atoms with Crippen molar-refractivity contribution in [1.29, 1.82) is 0 Å². The number of hydrogen-bond donors (Lipinski definition) is 1. The van der Waals surface area contributed by atoms with Gasteiger partial charge in [0, 0.05) is 19.8 Å². The second-order valence-corrected chi connectivity index (χ2v) is 3.54. The number of rotatable bonds is 7. The largest absolute Gasteiger partial charge is 0.385 e. The van der Waals surface area contributed by atoms with Crippen molar-refractivity contribution in [2.24, 2.45) is 5.92 Å². The lowest BCUT2D eigenvalue weighted by Gasteiger charge is -2.21. The fraction of sp³-hybridized carbons (Fsp3) is 1.00. The number of hydrogen-bond acceptors (Lipinski definition) is 2. The van der Waals surface area contributed by atoms with E-state index >= 15 is 0 Å². The van der Waals surface area contributed by atoms with Gasteiger partial charge in [0.1, 0.15) is 0 Å². The molecule has 74 valence electrons. The molecule has 1 unspecified atom stereocenters. The topological polar surface area (TPSA) is 21.3 Å². The summed E-state index contributed by atoms with van der Waals surface area (Å²) in [4.78, 5) is 0. The Labute approximate surface area is 76.7 Å². The maximum atomic E-state index is 5.02. The van der Waals surface area contributed by atoms with Crippen LogP contribution in [-0.4, -0.2) is 26.3 Å². The van der Waals surface area contributed by atoms with Crippen molar-refractivity contribution in [3.8, 4) is 0 Å². The predicted octanol–water partition coefficient (Wildman–Crippen LogP) is 2.05. The lowest BCUT2D eigenvalue weighted by Crippen LogP contribution is -2.33. The van der Waals surface area contributed by atoms with E-state index < -0.39 is 0 Å². The van der Waals surface area contributed by atoms with Gasteiger partial charge in [-0.15, -0.1) is 0 Å². The lowest BCUT2D eigenvalue weighted by atomic mass is 9.99. The SMILES string of the molecule is CCNC(CCCOC)C(C)C. The summed E-state index contributed by atoms with van der Waals surface area (Å²) in [6.07, 6.45) is 2.38. The monoisotopic (exact) mass is 173 g/mol. The first-order valence-electron chi connectivity index (χ1n) is 4.94. The van der Waals surface area contributed by atoms with E-state index in [1.165, 1.54) is 6.42 Å². The molecule has 0 amide bonds. The van der Waals surface area contributed by atoms with E-state index in [9.17, 15) is 0 Å². The normalized spacial score (nSPS) is 13.8. The molecule has 0 bridgehead atoms. The zero-order chi connectivity index (χ0) is 9.40. The molecule has 0 aromatic rings.